The number of benzene rings is 3. The molecule has 4 nitrogen and oxygen atoms in total. The third-order valence-electron chi connectivity index (χ3n) is 5.74. The first-order chi connectivity index (χ1) is 15.5. The molecule has 4 rings (SSSR count). The van der Waals surface area contributed by atoms with Crippen molar-refractivity contribution in [2.45, 2.75) is 26.0 Å². The summed E-state index contributed by atoms with van der Waals surface area (Å²) >= 11 is 3.54. The van der Waals surface area contributed by atoms with E-state index in [4.69, 9.17) is 4.74 Å². The molecule has 0 spiro atoms. The number of piperazine rings is 1. The molecule has 3 aromatic rings. The van der Waals surface area contributed by atoms with E-state index < -0.39 is 0 Å². The van der Waals surface area contributed by atoms with Crippen molar-refractivity contribution in [1.29, 1.82) is 0 Å². The molecule has 1 amide bonds. The van der Waals surface area contributed by atoms with Crippen molar-refractivity contribution < 1.29 is 9.53 Å². The fraction of sp³-hybridized carbons (Fsp3) is 0.296. The fourth-order valence-electron chi connectivity index (χ4n) is 4.23. The second-order valence-electron chi connectivity index (χ2n) is 8.36. The van der Waals surface area contributed by atoms with E-state index in [9.17, 15) is 4.79 Å². The van der Waals surface area contributed by atoms with Crippen LogP contribution >= 0.6 is 15.9 Å². The van der Waals surface area contributed by atoms with Crippen LogP contribution in [0.15, 0.2) is 83.3 Å². The van der Waals surface area contributed by atoms with Crippen LogP contribution < -0.4 is 4.74 Å². The van der Waals surface area contributed by atoms with Crippen LogP contribution in [0.3, 0.4) is 0 Å². The minimum Gasteiger partial charge on any atom is -0.490 e. The van der Waals surface area contributed by atoms with Gasteiger partial charge >= 0.3 is 0 Å². The van der Waals surface area contributed by atoms with Crippen molar-refractivity contribution in [2.24, 2.45) is 0 Å². The zero-order chi connectivity index (χ0) is 22.5. The molecule has 0 N–H and O–H groups in total. The number of hydrogen-bond donors (Lipinski definition) is 0. The zero-order valence-corrected chi connectivity index (χ0v) is 20.2. The molecule has 0 atom stereocenters. The Morgan fingerprint density at radius 1 is 0.844 bits per heavy atom. The lowest BCUT2D eigenvalue weighted by Crippen LogP contribution is -2.49. The summed E-state index contributed by atoms with van der Waals surface area (Å²) in [5.74, 6) is 0.826. The van der Waals surface area contributed by atoms with Gasteiger partial charge in [0.2, 0.25) is 0 Å². The molecule has 0 unspecified atom stereocenters. The first kappa shape index (κ1) is 22.6. The summed E-state index contributed by atoms with van der Waals surface area (Å²) in [7, 11) is 0. The molecule has 32 heavy (non-hydrogen) atoms. The van der Waals surface area contributed by atoms with Crippen molar-refractivity contribution in [2.75, 3.05) is 26.2 Å². The van der Waals surface area contributed by atoms with Gasteiger partial charge in [-0.1, -0.05) is 60.7 Å². The van der Waals surface area contributed by atoms with Crippen LogP contribution in [0, 0.1) is 0 Å². The summed E-state index contributed by atoms with van der Waals surface area (Å²) in [4.78, 5) is 17.6. The summed E-state index contributed by atoms with van der Waals surface area (Å²) in [6, 6.07) is 27.0. The van der Waals surface area contributed by atoms with Gasteiger partial charge in [0, 0.05) is 31.7 Å². The predicted molar refractivity (Wildman–Crippen MR) is 132 cm³/mol. The lowest BCUT2D eigenvalue weighted by atomic mass is 9.96. The van der Waals surface area contributed by atoms with E-state index in [0.29, 0.717) is 18.7 Å². The van der Waals surface area contributed by atoms with Crippen LogP contribution in [0.4, 0.5) is 0 Å². The molecule has 5 heteroatoms. The van der Waals surface area contributed by atoms with Gasteiger partial charge in [0.1, 0.15) is 5.75 Å². The summed E-state index contributed by atoms with van der Waals surface area (Å²) < 4.78 is 6.58. The Morgan fingerprint density at radius 2 is 1.41 bits per heavy atom. The van der Waals surface area contributed by atoms with Gasteiger partial charge in [0.25, 0.3) is 5.91 Å². The van der Waals surface area contributed by atoms with E-state index in [1.54, 1.807) is 0 Å². The maximum atomic E-state index is 13.1. The number of rotatable bonds is 6. The monoisotopic (exact) mass is 492 g/mol. The van der Waals surface area contributed by atoms with E-state index in [0.717, 1.165) is 23.3 Å². The van der Waals surface area contributed by atoms with E-state index in [2.05, 4.69) is 81.5 Å². The summed E-state index contributed by atoms with van der Waals surface area (Å²) in [6.45, 7) is 7.05. The quantitative estimate of drug-likeness (QED) is 0.436. The van der Waals surface area contributed by atoms with Crippen molar-refractivity contribution in [1.82, 2.24) is 9.80 Å². The first-order valence-electron chi connectivity index (χ1n) is 11.1. The number of carbonyl (C=O) groups excluding carboxylic acids is 1. The molecule has 1 fully saturated rings. The van der Waals surface area contributed by atoms with Crippen LogP contribution in [-0.2, 0) is 0 Å². The molecule has 1 heterocycles. The number of nitrogens with zero attached hydrogens (tertiary/aromatic N) is 2. The van der Waals surface area contributed by atoms with Gasteiger partial charge in [-0.3, -0.25) is 9.69 Å². The summed E-state index contributed by atoms with van der Waals surface area (Å²) in [5, 5.41) is 0. The van der Waals surface area contributed by atoms with E-state index in [-0.39, 0.29) is 18.1 Å². The maximum absolute atomic E-state index is 13.1. The second kappa shape index (κ2) is 10.3. The lowest BCUT2D eigenvalue weighted by molar-refractivity contribution is 0.0597. The highest BCUT2D eigenvalue weighted by atomic mass is 79.9. The molecule has 3 aromatic carbocycles. The Morgan fingerprint density at radius 3 is 1.91 bits per heavy atom. The predicted octanol–water partition coefficient (Wildman–Crippen LogP) is 5.78. The van der Waals surface area contributed by atoms with Crippen molar-refractivity contribution in [3.8, 4) is 5.75 Å². The maximum Gasteiger partial charge on any atom is 0.253 e. The van der Waals surface area contributed by atoms with Crippen LogP contribution in [0.1, 0.15) is 41.4 Å². The van der Waals surface area contributed by atoms with Gasteiger partial charge < -0.3 is 9.64 Å². The Bertz CT molecular complexity index is 993. The highest BCUT2D eigenvalue weighted by Crippen LogP contribution is 2.31. The highest BCUT2D eigenvalue weighted by Gasteiger charge is 2.28. The molecule has 0 aromatic heterocycles. The van der Waals surface area contributed by atoms with Crippen molar-refractivity contribution in [3.05, 3.63) is 100 Å². The smallest absolute Gasteiger partial charge is 0.253 e. The average molecular weight is 493 g/mol. The number of hydrogen-bond acceptors (Lipinski definition) is 3. The fourth-order valence-corrected chi connectivity index (χ4v) is 4.71. The molecule has 166 valence electrons. The summed E-state index contributed by atoms with van der Waals surface area (Å²) in [5.41, 5.74) is 3.25. The minimum atomic E-state index is 0.0671. The molecular weight excluding hydrogens is 464 g/mol. The number of halogens is 1. The van der Waals surface area contributed by atoms with Gasteiger partial charge in [-0.05, 0) is 59.1 Å². The first-order valence-corrected chi connectivity index (χ1v) is 11.9. The third-order valence-corrected chi connectivity index (χ3v) is 6.36. The Balaban J connectivity index is 1.47. The largest absolute Gasteiger partial charge is 0.490 e. The third kappa shape index (κ3) is 5.22. The average Bonchev–Trinajstić information content (AvgIpc) is 2.82. The molecule has 1 saturated heterocycles. The molecule has 0 aliphatic carbocycles. The van der Waals surface area contributed by atoms with Crippen LogP contribution in [0.2, 0.25) is 0 Å². The molecule has 1 aliphatic rings. The van der Waals surface area contributed by atoms with Gasteiger partial charge in [-0.2, -0.15) is 0 Å². The molecule has 0 bridgehead atoms. The SMILES string of the molecule is CC(C)Oc1ccc(C(=O)N2CCN(C(c3ccccc3)c3ccccc3)CC2)cc1Br. The standard InChI is InChI=1S/C27H29BrN2O2/c1-20(2)32-25-14-13-23(19-24(25)28)27(31)30-17-15-29(16-18-30)26(21-9-5-3-6-10-21)22-11-7-4-8-12-22/h3-14,19-20,26H,15-18H2,1-2H3. The van der Waals surface area contributed by atoms with Gasteiger partial charge in [0.15, 0.2) is 0 Å². The topological polar surface area (TPSA) is 32.8 Å². The Hall–Kier alpha value is -2.63. The summed E-state index contributed by atoms with van der Waals surface area (Å²) in [6.07, 6.45) is 0.0862. The van der Waals surface area contributed by atoms with E-state index >= 15 is 0 Å². The number of ether oxygens (including phenoxy) is 1. The molecule has 0 radical (unpaired) electrons. The molecule has 1 aliphatic heterocycles. The van der Waals surface area contributed by atoms with Gasteiger partial charge in [-0.15, -0.1) is 0 Å². The number of carbonyl (C=O) groups is 1. The number of amides is 1. The lowest BCUT2D eigenvalue weighted by Gasteiger charge is -2.39. The van der Waals surface area contributed by atoms with Gasteiger partial charge in [-0.25, -0.2) is 0 Å². The Kier molecular flexibility index (Phi) is 7.28. The van der Waals surface area contributed by atoms with E-state index in [1.807, 2.05) is 36.9 Å². The highest BCUT2D eigenvalue weighted by molar-refractivity contribution is 9.10. The van der Waals surface area contributed by atoms with E-state index in [1.165, 1.54) is 11.1 Å². The molecule has 0 saturated carbocycles. The van der Waals surface area contributed by atoms with Crippen molar-refractivity contribution >= 4 is 21.8 Å². The second-order valence-corrected chi connectivity index (χ2v) is 9.22. The van der Waals surface area contributed by atoms with Crippen LogP contribution in [0.25, 0.3) is 0 Å². The van der Waals surface area contributed by atoms with Crippen LogP contribution in [0.5, 0.6) is 5.75 Å². The molecular formula is C27H29BrN2O2. The zero-order valence-electron chi connectivity index (χ0n) is 18.6. The normalized spacial score (nSPS) is 14.7. The van der Waals surface area contributed by atoms with Gasteiger partial charge in [0.05, 0.1) is 16.6 Å². The van der Waals surface area contributed by atoms with Crippen molar-refractivity contribution in [3.63, 3.8) is 0 Å². The Labute approximate surface area is 198 Å². The minimum absolute atomic E-state index is 0.0671. The van der Waals surface area contributed by atoms with Crippen LogP contribution in [-0.4, -0.2) is 48.0 Å².